The molecular weight excluding hydrogens is 252 g/mol. The molecule has 2 rings (SSSR count). The summed E-state index contributed by atoms with van der Waals surface area (Å²) in [5.41, 5.74) is 13.4. The highest BCUT2D eigenvalue weighted by atomic mass is 16.1. The first-order chi connectivity index (χ1) is 9.40. The van der Waals surface area contributed by atoms with Crippen LogP contribution in [0.5, 0.6) is 0 Å². The summed E-state index contributed by atoms with van der Waals surface area (Å²) in [5.74, 6) is -0.747. The van der Waals surface area contributed by atoms with Crippen LogP contribution in [0.3, 0.4) is 0 Å². The fraction of sp³-hybridized carbons (Fsp3) is 0.125. The molecule has 0 heterocycles. The number of carbonyl (C=O) groups excluding carboxylic acids is 2. The summed E-state index contributed by atoms with van der Waals surface area (Å²) in [7, 11) is 0. The number of hydrogen-bond donors (Lipinski definition) is 2. The maximum Gasteiger partial charge on any atom is 0.248 e. The molecule has 0 saturated heterocycles. The topological polar surface area (TPSA) is 86.2 Å². The lowest BCUT2D eigenvalue weighted by Gasteiger charge is -1.94. The van der Waals surface area contributed by atoms with Crippen molar-refractivity contribution in [2.75, 3.05) is 0 Å². The Morgan fingerprint density at radius 2 is 1.30 bits per heavy atom. The summed E-state index contributed by atoms with van der Waals surface area (Å²) >= 11 is 0. The van der Waals surface area contributed by atoms with Crippen molar-refractivity contribution in [2.45, 2.75) is 13.8 Å². The molecule has 2 amide bonds. The van der Waals surface area contributed by atoms with Crippen molar-refractivity contribution in [2.24, 2.45) is 11.5 Å². The summed E-state index contributed by atoms with van der Waals surface area (Å²) < 4.78 is 0. The molecule has 0 unspecified atom stereocenters. The van der Waals surface area contributed by atoms with E-state index >= 15 is 0 Å². The third-order valence-corrected chi connectivity index (χ3v) is 2.64. The molecule has 0 bridgehead atoms. The Hall–Kier alpha value is -2.62. The minimum atomic E-state index is -0.375. The Balaban J connectivity index is 0.000000200. The molecule has 0 saturated carbocycles. The summed E-state index contributed by atoms with van der Waals surface area (Å²) in [5, 5.41) is 0. The molecule has 0 atom stereocenters. The van der Waals surface area contributed by atoms with Gasteiger partial charge in [-0.05, 0) is 38.1 Å². The third kappa shape index (κ3) is 4.94. The molecule has 0 radical (unpaired) electrons. The monoisotopic (exact) mass is 270 g/mol. The number of rotatable bonds is 2. The van der Waals surface area contributed by atoms with E-state index in [0.29, 0.717) is 11.1 Å². The lowest BCUT2D eigenvalue weighted by Crippen LogP contribution is -2.10. The lowest BCUT2D eigenvalue weighted by molar-refractivity contribution is 0.0992. The van der Waals surface area contributed by atoms with E-state index in [1.807, 2.05) is 38.1 Å². The molecule has 0 aromatic heterocycles. The quantitative estimate of drug-likeness (QED) is 0.876. The zero-order chi connectivity index (χ0) is 15.1. The van der Waals surface area contributed by atoms with Gasteiger partial charge in [-0.15, -0.1) is 0 Å². The van der Waals surface area contributed by atoms with Crippen LogP contribution >= 0.6 is 0 Å². The van der Waals surface area contributed by atoms with Crippen LogP contribution in [-0.2, 0) is 0 Å². The largest absolute Gasteiger partial charge is 0.366 e. The van der Waals surface area contributed by atoms with Crippen LogP contribution in [0.15, 0.2) is 48.5 Å². The van der Waals surface area contributed by atoms with Crippen LogP contribution in [-0.4, -0.2) is 11.8 Å². The number of amides is 2. The molecule has 2 aromatic carbocycles. The number of hydrogen-bond acceptors (Lipinski definition) is 2. The van der Waals surface area contributed by atoms with Crippen LogP contribution in [0.1, 0.15) is 31.8 Å². The van der Waals surface area contributed by atoms with Crippen molar-refractivity contribution in [1.82, 2.24) is 0 Å². The van der Waals surface area contributed by atoms with Crippen LogP contribution < -0.4 is 11.5 Å². The van der Waals surface area contributed by atoms with E-state index < -0.39 is 0 Å². The molecule has 104 valence electrons. The molecule has 0 aliphatic heterocycles. The summed E-state index contributed by atoms with van der Waals surface area (Å²) in [6.07, 6.45) is 0. The van der Waals surface area contributed by atoms with E-state index in [1.54, 1.807) is 24.3 Å². The third-order valence-electron chi connectivity index (χ3n) is 2.64. The highest BCUT2D eigenvalue weighted by Crippen LogP contribution is 2.02. The first-order valence-corrected chi connectivity index (χ1v) is 6.13. The predicted octanol–water partition coefficient (Wildman–Crippen LogP) is 2.19. The van der Waals surface area contributed by atoms with Crippen molar-refractivity contribution in [3.05, 3.63) is 70.8 Å². The van der Waals surface area contributed by atoms with E-state index in [-0.39, 0.29) is 11.8 Å². The lowest BCUT2D eigenvalue weighted by atomic mass is 10.1. The van der Waals surface area contributed by atoms with Crippen LogP contribution in [0, 0.1) is 13.8 Å². The van der Waals surface area contributed by atoms with Crippen molar-refractivity contribution < 1.29 is 9.59 Å². The van der Waals surface area contributed by atoms with Crippen LogP contribution in [0.25, 0.3) is 0 Å². The van der Waals surface area contributed by atoms with Gasteiger partial charge in [0.05, 0.1) is 0 Å². The van der Waals surface area contributed by atoms with Gasteiger partial charge in [-0.25, -0.2) is 0 Å². The summed E-state index contributed by atoms with van der Waals surface area (Å²) in [6, 6.07) is 14.4. The Morgan fingerprint density at radius 1 is 0.750 bits per heavy atom. The maximum atomic E-state index is 10.6. The highest BCUT2D eigenvalue weighted by Gasteiger charge is 1.97. The summed E-state index contributed by atoms with van der Waals surface area (Å²) in [6.45, 7) is 3.89. The zero-order valence-electron chi connectivity index (χ0n) is 11.6. The SMILES string of the molecule is Cc1ccc(C(N)=O)cc1.Cc1cccc(C(N)=O)c1. The number of primary amides is 2. The molecule has 4 N–H and O–H groups in total. The Labute approximate surface area is 118 Å². The molecule has 20 heavy (non-hydrogen) atoms. The molecule has 2 aromatic rings. The van der Waals surface area contributed by atoms with Gasteiger partial charge in [0.25, 0.3) is 0 Å². The van der Waals surface area contributed by atoms with Crippen LogP contribution in [0.4, 0.5) is 0 Å². The number of nitrogens with two attached hydrogens (primary N) is 2. The van der Waals surface area contributed by atoms with E-state index in [4.69, 9.17) is 11.5 Å². The van der Waals surface area contributed by atoms with Crippen LogP contribution in [0.2, 0.25) is 0 Å². The van der Waals surface area contributed by atoms with E-state index in [2.05, 4.69) is 0 Å². The molecule has 4 heteroatoms. The van der Waals surface area contributed by atoms with Gasteiger partial charge >= 0.3 is 0 Å². The van der Waals surface area contributed by atoms with Crippen molar-refractivity contribution in [3.63, 3.8) is 0 Å². The molecule has 0 aliphatic rings. The molecule has 0 fully saturated rings. The first kappa shape index (κ1) is 15.4. The first-order valence-electron chi connectivity index (χ1n) is 6.13. The van der Waals surface area contributed by atoms with Gasteiger partial charge < -0.3 is 11.5 Å². The standard InChI is InChI=1S/2C8H9NO/c1-6-2-4-7(5-3-6)8(9)10;1-6-3-2-4-7(5-6)8(9)10/h2*2-5H,1H3,(H2,9,10). The van der Waals surface area contributed by atoms with Gasteiger partial charge in [-0.2, -0.15) is 0 Å². The fourth-order valence-corrected chi connectivity index (χ4v) is 1.52. The van der Waals surface area contributed by atoms with Gasteiger partial charge in [-0.3, -0.25) is 9.59 Å². The maximum absolute atomic E-state index is 10.6. The average molecular weight is 270 g/mol. The Bertz CT molecular complexity index is 604. The number of benzene rings is 2. The predicted molar refractivity (Wildman–Crippen MR) is 79.4 cm³/mol. The van der Waals surface area contributed by atoms with Crippen molar-refractivity contribution in [3.8, 4) is 0 Å². The smallest absolute Gasteiger partial charge is 0.248 e. The second kappa shape index (κ2) is 7.09. The Kier molecular flexibility index (Phi) is 5.47. The zero-order valence-corrected chi connectivity index (χ0v) is 11.6. The second-order valence-electron chi connectivity index (χ2n) is 4.46. The molecule has 0 aliphatic carbocycles. The molecular formula is C16H18N2O2. The minimum absolute atomic E-state index is 0.372. The van der Waals surface area contributed by atoms with Gasteiger partial charge in [0.2, 0.25) is 11.8 Å². The highest BCUT2D eigenvalue weighted by molar-refractivity contribution is 5.93. The van der Waals surface area contributed by atoms with E-state index in [0.717, 1.165) is 11.1 Å². The van der Waals surface area contributed by atoms with E-state index in [1.165, 1.54) is 0 Å². The van der Waals surface area contributed by atoms with Gasteiger partial charge in [0, 0.05) is 11.1 Å². The minimum Gasteiger partial charge on any atom is -0.366 e. The van der Waals surface area contributed by atoms with Gasteiger partial charge in [-0.1, -0.05) is 35.4 Å². The summed E-state index contributed by atoms with van der Waals surface area (Å²) in [4.78, 5) is 21.1. The van der Waals surface area contributed by atoms with Crippen molar-refractivity contribution >= 4 is 11.8 Å². The average Bonchev–Trinajstić information content (AvgIpc) is 2.40. The Morgan fingerprint density at radius 3 is 1.70 bits per heavy atom. The molecule has 0 spiro atoms. The van der Waals surface area contributed by atoms with Gasteiger partial charge in [0.15, 0.2) is 0 Å². The normalized spacial score (nSPS) is 9.30. The number of aryl methyl sites for hydroxylation is 2. The number of carbonyl (C=O) groups is 2. The van der Waals surface area contributed by atoms with E-state index in [9.17, 15) is 9.59 Å². The van der Waals surface area contributed by atoms with Gasteiger partial charge in [0.1, 0.15) is 0 Å². The molecule has 4 nitrogen and oxygen atoms in total. The second-order valence-corrected chi connectivity index (χ2v) is 4.46. The fourth-order valence-electron chi connectivity index (χ4n) is 1.52. The van der Waals surface area contributed by atoms with Crippen molar-refractivity contribution in [1.29, 1.82) is 0 Å².